The zero-order valence-electron chi connectivity index (χ0n) is 19.8. The van der Waals surface area contributed by atoms with Crippen molar-refractivity contribution in [2.75, 3.05) is 0 Å². The van der Waals surface area contributed by atoms with E-state index in [2.05, 4.69) is 48.5 Å². The smallest absolute Gasteiger partial charge is 0.130 e. The summed E-state index contributed by atoms with van der Waals surface area (Å²) in [5.74, 6) is 0. The van der Waals surface area contributed by atoms with E-state index in [-0.39, 0.29) is 0 Å². The van der Waals surface area contributed by atoms with Crippen molar-refractivity contribution in [1.29, 1.82) is 0 Å². The van der Waals surface area contributed by atoms with Crippen molar-refractivity contribution in [1.82, 2.24) is 0 Å². The van der Waals surface area contributed by atoms with E-state index in [0.717, 1.165) is 65.7 Å². The van der Waals surface area contributed by atoms with Gasteiger partial charge in [-0.3, -0.25) is 0 Å². The van der Waals surface area contributed by atoms with E-state index >= 15 is 0 Å². The maximum Gasteiger partial charge on any atom is 0.130 e. The summed E-state index contributed by atoms with van der Waals surface area (Å²) in [6.45, 7) is 0. The molecule has 0 saturated heterocycles. The number of hydrogen-bond donors (Lipinski definition) is 0. The Morgan fingerprint density at radius 2 is 0.568 bits per heavy atom. The van der Waals surface area contributed by atoms with Gasteiger partial charge in [0.2, 0.25) is 0 Å². The summed E-state index contributed by atoms with van der Waals surface area (Å²) in [6.07, 6.45) is 5.72. The van der Waals surface area contributed by atoms with Crippen LogP contribution >= 0.6 is 0 Å². The van der Waals surface area contributed by atoms with Crippen molar-refractivity contribution in [3.63, 3.8) is 0 Å². The Kier molecular flexibility index (Phi) is 4.14. The third kappa shape index (κ3) is 2.68. The molecule has 0 fully saturated rings. The summed E-state index contributed by atoms with van der Waals surface area (Å²) in [5.41, 5.74) is 7.55. The maximum absolute atomic E-state index is 6.21. The topological polar surface area (TPSA) is 52.6 Å². The van der Waals surface area contributed by atoms with Crippen LogP contribution in [-0.4, -0.2) is 6.15 Å². The molecule has 0 bridgehead atoms. The average Bonchev–Trinajstić information content (AvgIpc) is 3.75. The SMILES string of the molecule is c1ccc2c([B-](c3coc4ccccc34)(c3coc4ccccc34)c3coc4ccccc34)coc2c1. The normalized spacial score (nSPS) is 12.3. The van der Waals surface area contributed by atoms with E-state index < -0.39 is 6.15 Å². The van der Waals surface area contributed by atoms with Gasteiger partial charge in [0.05, 0.1) is 25.1 Å². The van der Waals surface area contributed by atoms with E-state index in [9.17, 15) is 0 Å². The highest BCUT2D eigenvalue weighted by atomic mass is 16.3. The van der Waals surface area contributed by atoms with Gasteiger partial charge in [0.25, 0.3) is 0 Å². The second-order valence-corrected chi connectivity index (χ2v) is 9.61. The van der Waals surface area contributed by atoms with Crippen LogP contribution in [-0.2, 0) is 0 Å². The van der Waals surface area contributed by atoms with Crippen LogP contribution in [0.5, 0.6) is 0 Å². The monoisotopic (exact) mass is 479 g/mol. The molecule has 4 aromatic heterocycles. The second-order valence-electron chi connectivity index (χ2n) is 9.61. The summed E-state index contributed by atoms with van der Waals surface area (Å²) >= 11 is 0. The van der Waals surface area contributed by atoms with Crippen LogP contribution in [0, 0.1) is 0 Å². The average molecular weight is 479 g/mol. The van der Waals surface area contributed by atoms with Gasteiger partial charge >= 0.3 is 0 Å². The van der Waals surface area contributed by atoms with Gasteiger partial charge in [-0.1, -0.05) is 72.8 Å². The third-order valence-corrected chi connectivity index (χ3v) is 7.91. The predicted molar refractivity (Wildman–Crippen MR) is 149 cm³/mol. The molecule has 4 heterocycles. The van der Waals surface area contributed by atoms with Crippen molar-refractivity contribution in [3.05, 3.63) is 122 Å². The summed E-state index contributed by atoms with van der Waals surface area (Å²) < 4.78 is 24.8. The standard InChI is InChI=1S/C32H20BO4/c1-5-13-29-21(9-1)25(17-34-29)33(26-18-35-30-14-6-2-10-22(26)30,27-19-36-31-15-7-3-11-23(27)31)28-20-37-32-16-8-4-12-24(28)32/h1-20H/q-1. The highest BCUT2D eigenvalue weighted by molar-refractivity contribution is 7.23. The van der Waals surface area contributed by atoms with E-state index in [1.165, 1.54) is 0 Å². The molecule has 37 heavy (non-hydrogen) atoms. The highest BCUT2D eigenvalue weighted by Crippen LogP contribution is 2.28. The highest BCUT2D eigenvalue weighted by Gasteiger charge is 2.40. The van der Waals surface area contributed by atoms with Crippen molar-refractivity contribution in [3.8, 4) is 0 Å². The summed E-state index contributed by atoms with van der Waals surface area (Å²) in [5, 5.41) is 4.18. The van der Waals surface area contributed by atoms with Crippen LogP contribution in [0.3, 0.4) is 0 Å². The Labute approximate surface area is 211 Å². The molecule has 0 aliphatic carbocycles. The van der Waals surface area contributed by atoms with Gasteiger partial charge in [0, 0.05) is 0 Å². The fraction of sp³-hybridized carbons (Fsp3) is 0. The summed E-state index contributed by atoms with van der Waals surface area (Å²) in [6, 6.07) is 32.7. The number of para-hydroxylation sites is 4. The number of furan rings is 4. The predicted octanol–water partition coefficient (Wildman–Crippen LogP) is 6.05. The van der Waals surface area contributed by atoms with Gasteiger partial charge in [-0.25, -0.2) is 0 Å². The van der Waals surface area contributed by atoms with Gasteiger partial charge in [0.15, 0.2) is 0 Å². The molecule has 8 aromatic rings. The van der Waals surface area contributed by atoms with E-state index in [0.29, 0.717) is 0 Å². The Morgan fingerprint density at radius 1 is 0.324 bits per heavy atom. The van der Waals surface area contributed by atoms with Crippen LogP contribution in [0.25, 0.3) is 43.9 Å². The van der Waals surface area contributed by atoms with Gasteiger partial charge in [0.1, 0.15) is 28.5 Å². The number of fused-ring (bicyclic) bond motifs is 4. The lowest BCUT2D eigenvalue weighted by atomic mass is 9.13. The number of rotatable bonds is 4. The Balaban J connectivity index is 1.65. The molecule has 176 valence electrons. The molecule has 0 atom stereocenters. The lowest BCUT2D eigenvalue weighted by molar-refractivity contribution is 0.616. The van der Waals surface area contributed by atoms with E-state index in [1.54, 1.807) is 0 Å². The molecule has 4 nitrogen and oxygen atoms in total. The molecular weight excluding hydrogens is 459 g/mol. The molecular formula is C32H20BO4-. The minimum Gasteiger partial charge on any atom is -0.468 e. The molecule has 0 amide bonds. The lowest BCUT2D eigenvalue weighted by Gasteiger charge is -2.40. The Hall–Kier alpha value is -4.90. The molecule has 0 radical (unpaired) electrons. The number of benzene rings is 4. The minimum atomic E-state index is -1.88. The van der Waals surface area contributed by atoms with Gasteiger partial charge in [-0.15, -0.1) is 21.9 Å². The van der Waals surface area contributed by atoms with Gasteiger partial charge in [-0.2, -0.15) is 0 Å². The van der Waals surface area contributed by atoms with Crippen LogP contribution in [0.15, 0.2) is 140 Å². The first kappa shape index (κ1) is 20.3. The first-order valence-corrected chi connectivity index (χ1v) is 12.4. The van der Waals surface area contributed by atoms with Gasteiger partial charge < -0.3 is 17.7 Å². The second kappa shape index (κ2) is 7.55. The minimum absolute atomic E-state index is 0.831. The lowest BCUT2D eigenvalue weighted by Crippen LogP contribution is -2.74. The molecule has 0 aliphatic rings. The molecule has 0 unspecified atom stereocenters. The zero-order valence-corrected chi connectivity index (χ0v) is 19.8. The van der Waals surface area contributed by atoms with Crippen molar-refractivity contribution < 1.29 is 17.7 Å². The molecule has 8 rings (SSSR count). The molecule has 0 aliphatic heterocycles. The maximum atomic E-state index is 6.21. The van der Waals surface area contributed by atoms with E-state index in [1.807, 2.05) is 73.6 Å². The molecule has 4 aromatic carbocycles. The fourth-order valence-electron chi connectivity index (χ4n) is 6.34. The van der Waals surface area contributed by atoms with Crippen LogP contribution < -0.4 is 21.9 Å². The Bertz CT molecular complexity index is 1770. The Morgan fingerprint density at radius 3 is 0.838 bits per heavy atom. The quantitative estimate of drug-likeness (QED) is 0.289. The first-order chi connectivity index (χ1) is 18.4. The number of hydrogen-bond acceptors (Lipinski definition) is 4. The largest absolute Gasteiger partial charge is 0.468 e. The first-order valence-electron chi connectivity index (χ1n) is 12.4. The summed E-state index contributed by atoms with van der Waals surface area (Å²) in [7, 11) is 0. The van der Waals surface area contributed by atoms with Crippen LogP contribution in [0.2, 0.25) is 0 Å². The van der Waals surface area contributed by atoms with Crippen LogP contribution in [0.4, 0.5) is 0 Å². The molecule has 0 N–H and O–H groups in total. The van der Waals surface area contributed by atoms with Crippen molar-refractivity contribution >= 4 is 71.9 Å². The van der Waals surface area contributed by atoms with Crippen molar-refractivity contribution in [2.24, 2.45) is 0 Å². The zero-order chi connectivity index (χ0) is 24.4. The summed E-state index contributed by atoms with van der Waals surface area (Å²) in [4.78, 5) is 0. The molecule has 0 spiro atoms. The fourth-order valence-corrected chi connectivity index (χ4v) is 6.34. The van der Waals surface area contributed by atoms with Gasteiger partial charge in [-0.05, 0) is 45.8 Å². The van der Waals surface area contributed by atoms with Crippen LogP contribution in [0.1, 0.15) is 0 Å². The molecule has 5 heteroatoms. The van der Waals surface area contributed by atoms with Crippen molar-refractivity contribution in [2.45, 2.75) is 0 Å². The van der Waals surface area contributed by atoms with E-state index in [4.69, 9.17) is 17.7 Å². The third-order valence-electron chi connectivity index (χ3n) is 7.91. The molecule has 0 saturated carbocycles.